The third-order valence-corrected chi connectivity index (χ3v) is 4.70. The Bertz CT molecular complexity index is 1180. The molecule has 0 aliphatic heterocycles. The van der Waals surface area contributed by atoms with E-state index in [-0.39, 0.29) is 10.7 Å². The minimum Gasteiger partial charge on any atom is -0.491 e. The van der Waals surface area contributed by atoms with E-state index >= 15 is 0 Å². The first-order valence-electron chi connectivity index (χ1n) is 8.88. The summed E-state index contributed by atoms with van der Waals surface area (Å²) in [7, 11) is -3.48. The van der Waals surface area contributed by atoms with Crippen molar-refractivity contribution in [2.45, 2.75) is 13.8 Å². The van der Waals surface area contributed by atoms with Crippen LogP contribution in [0.2, 0.25) is 5.02 Å². The standard InChI is InChI=1S/C19H20ClN5O4S/c1-4-29-17-9-21-19(22-10-17)25-11-13(5-12(25)2)18(26)23-15-6-14(20)7-16(8-15)24-30(3,27)28/h5-11,24H,4H2,1-3H3,(H,23,26). The second-order valence-corrected chi connectivity index (χ2v) is 8.63. The van der Waals surface area contributed by atoms with Crippen molar-refractivity contribution >= 4 is 38.9 Å². The van der Waals surface area contributed by atoms with Crippen LogP contribution < -0.4 is 14.8 Å². The third-order valence-electron chi connectivity index (χ3n) is 3.87. The van der Waals surface area contributed by atoms with Gasteiger partial charge in [0.1, 0.15) is 0 Å². The van der Waals surface area contributed by atoms with Crippen molar-refractivity contribution in [3.63, 3.8) is 0 Å². The minimum atomic E-state index is -3.48. The van der Waals surface area contributed by atoms with Gasteiger partial charge in [0.05, 0.1) is 36.5 Å². The first-order chi connectivity index (χ1) is 14.1. The molecule has 0 bridgehead atoms. The van der Waals surface area contributed by atoms with Crippen molar-refractivity contribution in [1.82, 2.24) is 14.5 Å². The molecule has 158 valence electrons. The van der Waals surface area contributed by atoms with E-state index in [0.717, 1.165) is 11.9 Å². The average molecular weight is 450 g/mol. The summed E-state index contributed by atoms with van der Waals surface area (Å²) < 4.78 is 32.2. The zero-order valence-corrected chi connectivity index (χ0v) is 18.1. The van der Waals surface area contributed by atoms with Gasteiger partial charge in [-0.3, -0.25) is 14.1 Å². The highest BCUT2D eigenvalue weighted by atomic mass is 35.5. The number of ether oxygens (including phenoxy) is 1. The predicted octanol–water partition coefficient (Wildman–Crippen LogP) is 3.25. The van der Waals surface area contributed by atoms with Crippen LogP contribution in [0.3, 0.4) is 0 Å². The van der Waals surface area contributed by atoms with Crippen LogP contribution in [0.25, 0.3) is 5.95 Å². The number of aromatic nitrogens is 3. The second kappa shape index (κ2) is 8.72. The molecule has 11 heteroatoms. The zero-order chi connectivity index (χ0) is 21.9. The number of amides is 1. The van der Waals surface area contributed by atoms with E-state index in [1.807, 2.05) is 13.8 Å². The van der Waals surface area contributed by atoms with Gasteiger partial charge in [0.2, 0.25) is 16.0 Å². The van der Waals surface area contributed by atoms with Crippen LogP contribution in [0.5, 0.6) is 5.75 Å². The van der Waals surface area contributed by atoms with Gasteiger partial charge in [0, 0.05) is 22.6 Å². The van der Waals surface area contributed by atoms with Crippen LogP contribution in [0.4, 0.5) is 11.4 Å². The summed E-state index contributed by atoms with van der Waals surface area (Å²) in [6, 6.07) is 6.13. The molecule has 3 rings (SSSR count). The SMILES string of the molecule is CCOc1cnc(-n2cc(C(=O)Nc3cc(Cl)cc(NS(C)(=O)=O)c3)cc2C)nc1. The number of anilines is 2. The van der Waals surface area contributed by atoms with Crippen molar-refractivity contribution in [1.29, 1.82) is 0 Å². The van der Waals surface area contributed by atoms with Crippen molar-refractivity contribution in [3.05, 3.63) is 59.1 Å². The molecular weight excluding hydrogens is 430 g/mol. The molecule has 0 aliphatic carbocycles. The van der Waals surface area contributed by atoms with Crippen LogP contribution in [0.15, 0.2) is 42.9 Å². The Morgan fingerprint density at radius 2 is 1.83 bits per heavy atom. The van der Waals surface area contributed by atoms with E-state index in [0.29, 0.717) is 29.6 Å². The van der Waals surface area contributed by atoms with Gasteiger partial charge < -0.3 is 10.1 Å². The number of halogens is 1. The summed E-state index contributed by atoms with van der Waals surface area (Å²) in [6.07, 6.45) is 5.77. The molecule has 3 aromatic rings. The second-order valence-electron chi connectivity index (χ2n) is 6.45. The van der Waals surface area contributed by atoms with Crippen molar-refractivity contribution < 1.29 is 17.9 Å². The predicted molar refractivity (Wildman–Crippen MR) is 115 cm³/mol. The van der Waals surface area contributed by atoms with Crippen molar-refractivity contribution in [2.24, 2.45) is 0 Å². The number of benzene rings is 1. The lowest BCUT2D eigenvalue weighted by Gasteiger charge is -2.09. The number of hydrogen-bond acceptors (Lipinski definition) is 6. The molecule has 2 N–H and O–H groups in total. The van der Waals surface area contributed by atoms with E-state index < -0.39 is 15.9 Å². The molecule has 0 saturated carbocycles. The number of hydrogen-bond donors (Lipinski definition) is 2. The summed E-state index contributed by atoms with van der Waals surface area (Å²) in [5.74, 6) is 0.566. The Morgan fingerprint density at radius 1 is 1.17 bits per heavy atom. The summed E-state index contributed by atoms with van der Waals surface area (Å²) in [5, 5.41) is 2.98. The lowest BCUT2D eigenvalue weighted by atomic mass is 10.2. The van der Waals surface area contributed by atoms with E-state index in [9.17, 15) is 13.2 Å². The summed E-state index contributed by atoms with van der Waals surface area (Å²) >= 11 is 6.04. The highest BCUT2D eigenvalue weighted by molar-refractivity contribution is 7.92. The normalized spacial score (nSPS) is 11.2. The lowest BCUT2D eigenvalue weighted by Crippen LogP contribution is -2.13. The van der Waals surface area contributed by atoms with Crippen molar-refractivity contribution in [3.8, 4) is 11.7 Å². The van der Waals surface area contributed by atoms with Crippen LogP contribution >= 0.6 is 11.6 Å². The number of nitrogens with one attached hydrogen (secondary N) is 2. The average Bonchev–Trinajstić information content (AvgIpc) is 3.02. The topological polar surface area (TPSA) is 115 Å². The van der Waals surface area contributed by atoms with Gasteiger partial charge in [-0.25, -0.2) is 18.4 Å². The van der Waals surface area contributed by atoms with Crippen LogP contribution in [-0.4, -0.2) is 41.7 Å². The molecule has 9 nitrogen and oxygen atoms in total. The Labute approximate surface area is 179 Å². The van der Waals surface area contributed by atoms with Gasteiger partial charge in [-0.2, -0.15) is 0 Å². The fourth-order valence-electron chi connectivity index (χ4n) is 2.73. The zero-order valence-electron chi connectivity index (χ0n) is 16.5. The molecule has 0 aliphatic rings. The Kier molecular flexibility index (Phi) is 6.28. The van der Waals surface area contributed by atoms with Gasteiger partial charge in [0.15, 0.2) is 5.75 Å². The summed E-state index contributed by atoms with van der Waals surface area (Å²) in [4.78, 5) is 21.2. The maximum atomic E-state index is 12.7. The van der Waals surface area contributed by atoms with Gasteiger partial charge in [-0.1, -0.05) is 11.6 Å². The fraction of sp³-hybridized carbons (Fsp3) is 0.211. The number of carbonyl (C=O) groups excluding carboxylic acids is 1. The first kappa shape index (κ1) is 21.6. The monoisotopic (exact) mass is 449 g/mol. The molecule has 0 saturated heterocycles. The maximum absolute atomic E-state index is 12.7. The Hall–Kier alpha value is -3.11. The van der Waals surface area contributed by atoms with E-state index in [1.54, 1.807) is 29.2 Å². The van der Waals surface area contributed by atoms with Crippen LogP contribution in [0.1, 0.15) is 23.0 Å². The summed E-state index contributed by atoms with van der Waals surface area (Å²) in [6.45, 7) is 4.21. The number of nitrogens with zero attached hydrogens (tertiary/aromatic N) is 3. The number of rotatable bonds is 7. The molecule has 1 aromatic carbocycles. The molecular formula is C19H20ClN5O4S. The molecule has 2 heterocycles. The number of sulfonamides is 1. The lowest BCUT2D eigenvalue weighted by molar-refractivity contribution is 0.102. The van der Waals surface area contributed by atoms with E-state index in [2.05, 4.69) is 20.0 Å². The quantitative estimate of drug-likeness (QED) is 0.572. The highest BCUT2D eigenvalue weighted by Crippen LogP contribution is 2.24. The fourth-order valence-corrected chi connectivity index (χ4v) is 3.51. The smallest absolute Gasteiger partial charge is 0.257 e. The van der Waals surface area contributed by atoms with Gasteiger partial charge in [-0.05, 0) is 38.1 Å². The number of aryl methyl sites for hydroxylation is 1. The molecule has 2 aromatic heterocycles. The third kappa shape index (κ3) is 5.49. The molecule has 30 heavy (non-hydrogen) atoms. The molecule has 0 spiro atoms. The maximum Gasteiger partial charge on any atom is 0.257 e. The van der Waals surface area contributed by atoms with Gasteiger partial charge in [0.25, 0.3) is 5.91 Å². The van der Waals surface area contributed by atoms with Gasteiger partial charge >= 0.3 is 0 Å². The molecule has 0 unspecified atom stereocenters. The minimum absolute atomic E-state index is 0.247. The largest absolute Gasteiger partial charge is 0.491 e. The van der Waals surface area contributed by atoms with E-state index in [1.165, 1.54) is 18.2 Å². The van der Waals surface area contributed by atoms with Crippen LogP contribution in [0, 0.1) is 6.92 Å². The summed E-state index contributed by atoms with van der Waals surface area (Å²) in [5.41, 5.74) is 1.73. The van der Waals surface area contributed by atoms with E-state index in [4.69, 9.17) is 16.3 Å². The van der Waals surface area contributed by atoms with Crippen molar-refractivity contribution in [2.75, 3.05) is 22.9 Å². The molecule has 0 fully saturated rings. The van der Waals surface area contributed by atoms with Gasteiger partial charge in [-0.15, -0.1) is 0 Å². The molecule has 0 radical (unpaired) electrons. The first-order valence-corrected chi connectivity index (χ1v) is 11.2. The Balaban J connectivity index is 1.81. The number of carbonyl (C=O) groups is 1. The Morgan fingerprint density at radius 3 is 2.47 bits per heavy atom. The molecule has 0 atom stereocenters. The van der Waals surface area contributed by atoms with Crippen LogP contribution in [-0.2, 0) is 10.0 Å². The highest BCUT2D eigenvalue weighted by Gasteiger charge is 2.14. The molecule has 1 amide bonds.